The molecule has 0 radical (unpaired) electrons. The van der Waals surface area contributed by atoms with Crippen molar-refractivity contribution in [2.75, 3.05) is 47.5 Å². The number of likely N-dealkylation sites (N-methyl/N-ethyl adjacent to an activating group) is 1. The van der Waals surface area contributed by atoms with E-state index in [2.05, 4.69) is 105 Å². The van der Waals surface area contributed by atoms with E-state index < -0.39 is 32.5 Å². The first-order valence-electron chi connectivity index (χ1n) is 22.6. The number of rotatable bonds is 39. The number of hydrogen-bond acceptors (Lipinski definition) is 7. The van der Waals surface area contributed by atoms with Gasteiger partial charge >= 0.3 is 19.8 Å². The van der Waals surface area contributed by atoms with Crippen LogP contribution in [0, 0.1) is 0 Å². The number of ether oxygens (including phenoxy) is 2. The Labute approximate surface area is 366 Å². The van der Waals surface area contributed by atoms with Crippen LogP contribution in [0.2, 0.25) is 0 Å². The van der Waals surface area contributed by atoms with E-state index in [0.29, 0.717) is 30.3 Å². The van der Waals surface area contributed by atoms with Crippen molar-refractivity contribution in [2.45, 2.75) is 148 Å². The topological polar surface area (TPSA) is 108 Å². The molecule has 340 valence electrons. The first-order chi connectivity index (χ1) is 29.0. The lowest BCUT2D eigenvalue weighted by Crippen LogP contribution is -2.37. The Bertz CT molecular complexity index is 1380. The third-order valence-corrected chi connectivity index (χ3v) is 9.77. The second-order valence-electron chi connectivity index (χ2n) is 15.7. The van der Waals surface area contributed by atoms with E-state index in [1.807, 2.05) is 39.4 Å². The highest BCUT2D eigenvalue weighted by Gasteiger charge is 2.27. The molecule has 0 saturated carbocycles. The third kappa shape index (κ3) is 44.2. The largest absolute Gasteiger partial charge is 0.472 e. The van der Waals surface area contributed by atoms with Crippen molar-refractivity contribution in [2.24, 2.45) is 0 Å². The standard InChI is InChI=1S/C50H82NO8P/c1-6-8-10-12-14-16-18-20-22-24-25-27-28-30-32-34-36-38-40-42-49(52)56-46-48(47-58-60(54,55)57-45-44-51(3,4)5)59-50(53)43-41-39-37-35-33-31-29-26-23-21-19-17-15-13-11-9-7-2/h14-17,20-23,25,27,29-32,35-38,48H,6-13,18-19,24,26,28,33-34,39-47H2,1-5H3/p+1/b16-14-,17-15-,22-20-,23-21-,27-25-,31-29-,32-30-,37-35-,38-36-/t48-/m1/s1. The Kier molecular flexibility index (Phi) is 38.8. The average Bonchev–Trinajstić information content (AvgIpc) is 3.20. The van der Waals surface area contributed by atoms with Crippen LogP contribution >= 0.6 is 7.82 Å². The molecule has 0 aromatic heterocycles. The van der Waals surface area contributed by atoms with Gasteiger partial charge in [-0.05, 0) is 89.9 Å². The Hall–Kier alpha value is -3.33. The van der Waals surface area contributed by atoms with Gasteiger partial charge in [0.05, 0.1) is 27.7 Å². The van der Waals surface area contributed by atoms with Crippen LogP contribution in [0.4, 0.5) is 0 Å². The first-order valence-corrected chi connectivity index (χ1v) is 24.1. The van der Waals surface area contributed by atoms with Gasteiger partial charge in [-0.1, -0.05) is 149 Å². The van der Waals surface area contributed by atoms with Crippen LogP contribution in [0.15, 0.2) is 109 Å². The lowest BCUT2D eigenvalue weighted by Gasteiger charge is -2.24. The van der Waals surface area contributed by atoms with Gasteiger partial charge in [0.1, 0.15) is 19.8 Å². The van der Waals surface area contributed by atoms with Gasteiger partial charge in [-0.3, -0.25) is 18.6 Å². The monoisotopic (exact) mass is 857 g/mol. The lowest BCUT2D eigenvalue weighted by atomic mass is 10.2. The summed E-state index contributed by atoms with van der Waals surface area (Å²) in [7, 11) is 1.38. The molecule has 0 bridgehead atoms. The average molecular weight is 857 g/mol. The molecule has 0 aliphatic heterocycles. The molecule has 60 heavy (non-hydrogen) atoms. The van der Waals surface area contributed by atoms with E-state index in [1.54, 1.807) is 0 Å². The van der Waals surface area contributed by atoms with Crippen LogP contribution in [-0.4, -0.2) is 74.9 Å². The number of allylic oxidation sites excluding steroid dienone is 18. The number of carbonyl (C=O) groups is 2. The molecule has 0 saturated heterocycles. The van der Waals surface area contributed by atoms with Crippen molar-refractivity contribution in [1.82, 2.24) is 0 Å². The van der Waals surface area contributed by atoms with Gasteiger partial charge in [-0.2, -0.15) is 0 Å². The van der Waals surface area contributed by atoms with Crippen LogP contribution in [-0.2, 0) is 32.7 Å². The highest BCUT2D eigenvalue weighted by molar-refractivity contribution is 7.47. The number of unbranched alkanes of at least 4 members (excludes halogenated alkanes) is 7. The molecular formula is C50H83NO8P+. The van der Waals surface area contributed by atoms with Crippen LogP contribution < -0.4 is 0 Å². The minimum atomic E-state index is -4.41. The first kappa shape index (κ1) is 56.7. The summed E-state index contributed by atoms with van der Waals surface area (Å²) in [6, 6.07) is 0. The zero-order valence-electron chi connectivity index (χ0n) is 38.1. The summed E-state index contributed by atoms with van der Waals surface area (Å²) >= 11 is 0. The Balaban J connectivity index is 4.59. The maximum Gasteiger partial charge on any atom is 0.472 e. The molecule has 0 aliphatic carbocycles. The summed E-state index contributed by atoms with van der Waals surface area (Å²) in [5.74, 6) is -0.973. The maximum absolute atomic E-state index is 12.7. The quantitative estimate of drug-likeness (QED) is 0.0214. The molecule has 0 aromatic carbocycles. The minimum Gasteiger partial charge on any atom is -0.462 e. The molecular weight excluding hydrogens is 774 g/mol. The molecule has 10 heteroatoms. The van der Waals surface area contributed by atoms with Crippen molar-refractivity contribution in [3.8, 4) is 0 Å². The van der Waals surface area contributed by atoms with Crippen LogP contribution in [0.1, 0.15) is 142 Å². The second-order valence-corrected chi connectivity index (χ2v) is 17.2. The number of esters is 2. The number of hydrogen-bond donors (Lipinski definition) is 1. The van der Waals surface area contributed by atoms with Crippen molar-refractivity contribution >= 4 is 19.8 Å². The van der Waals surface area contributed by atoms with Crippen molar-refractivity contribution in [3.63, 3.8) is 0 Å². The molecule has 1 N–H and O–H groups in total. The maximum atomic E-state index is 12.7. The summed E-state index contributed by atoms with van der Waals surface area (Å²) in [6.45, 7) is 4.18. The molecule has 0 spiro atoms. The summed E-state index contributed by atoms with van der Waals surface area (Å²) in [5, 5.41) is 0. The number of carbonyl (C=O) groups excluding carboxylic acids is 2. The van der Waals surface area contributed by atoms with E-state index in [-0.39, 0.29) is 26.1 Å². The molecule has 1 unspecified atom stereocenters. The molecule has 0 aromatic rings. The van der Waals surface area contributed by atoms with Gasteiger partial charge in [0.2, 0.25) is 0 Å². The second kappa shape index (κ2) is 41.0. The Morgan fingerprint density at radius 3 is 1.33 bits per heavy atom. The molecule has 0 rings (SSSR count). The Morgan fingerprint density at radius 2 is 0.917 bits per heavy atom. The van der Waals surface area contributed by atoms with E-state index in [0.717, 1.165) is 51.4 Å². The molecule has 9 nitrogen and oxygen atoms in total. The zero-order valence-corrected chi connectivity index (χ0v) is 39.0. The zero-order chi connectivity index (χ0) is 44.3. The summed E-state index contributed by atoms with van der Waals surface area (Å²) in [5.41, 5.74) is 0. The number of nitrogens with zero attached hydrogens (tertiary/aromatic N) is 1. The minimum absolute atomic E-state index is 0.00410. The number of phosphoric ester groups is 1. The Morgan fingerprint density at radius 1 is 0.517 bits per heavy atom. The summed E-state index contributed by atoms with van der Waals surface area (Å²) < 4.78 is 34.2. The van der Waals surface area contributed by atoms with Gasteiger partial charge in [0, 0.05) is 12.8 Å². The van der Waals surface area contributed by atoms with E-state index in [1.165, 1.54) is 44.9 Å². The highest BCUT2D eigenvalue weighted by atomic mass is 31.2. The number of phosphoric acid groups is 1. The van der Waals surface area contributed by atoms with Gasteiger partial charge < -0.3 is 18.9 Å². The van der Waals surface area contributed by atoms with Gasteiger partial charge in [0.25, 0.3) is 0 Å². The summed E-state index contributed by atoms with van der Waals surface area (Å²) in [4.78, 5) is 35.3. The molecule has 0 heterocycles. The van der Waals surface area contributed by atoms with Crippen molar-refractivity contribution in [1.29, 1.82) is 0 Å². The van der Waals surface area contributed by atoms with Crippen molar-refractivity contribution in [3.05, 3.63) is 109 Å². The molecule has 2 atom stereocenters. The predicted octanol–water partition coefficient (Wildman–Crippen LogP) is 13.1. The van der Waals surface area contributed by atoms with Crippen LogP contribution in [0.5, 0.6) is 0 Å². The van der Waals surface area contributed by atoms with E-state index in [4.69, 9.17) is 18.5 Å². The van der Waals surface area contributed by atoms with Gasteiger partial charge in [0.15, 0.2) is 6.10 Å². The fraction of sp³-hybridized carbons (Fsp3) is 0.600. The third-order valence-electron chi connectivity index (χ3n) is 8.79. The molecule has 0 aliphatic rings. The smallest absolute Gasteiger partial charge is 0.462 e. The van der Waals surface area contributed by atoms with E-state index in [9.17, 15) is 19.0 Å². The predicted molar refractivity (Wildman–Crippen MR) is 251 cm³/mol. The molecule has 0 fully saturated rings. The fourth-order valence-corrected chi connectivity index (χ4v) is 5.96. The normalized spacial score (nSPS) is 14.6. The van der Waals surface area contributed by atoms with Crippen LogP contribution in [0.25, 0.3) is 0 Å². The lowest BCUT2D eigenvalue weighted by molar-refractivity contribution is -0.870. The molecule has 0 amide bonds. The SMILES string of the molecule is CCCCC/C=C\C/C=C\C/C=C\C/C=C\C/C=C\CCC(=O)OC[C@H](COP(=O)(O)OCC[N+](C)(C)C)OC(=O)CCC/C=C\C/C=C\C/C=C\C/C=C\CCCCC. The van der Waals surface area contributed by atoms with Crippen LogP contribution in [0.3, 0.4) is 0 Å². The summed E-state index contributed by atoms with van der Waals surface area (Å²) in [6.07, 6.45) is 55.9. The highest BCUT2D eigenvalue weighted by Crippen LogP contribution is 2.43. The van der Waals surface area contributed by atoms with Gasteiger partial charge in [-0.15, -0.1) is 0 Å². The van der Waals surface area contributed by atoms with Gasteiger partial charge in [-0.25, -0.2) is 4.57 Å². The fourth-order valence-electron chi connectivity index (χ4n) is 5.22. The number of quaternary nitrogens is 1. The van der Waals surface area contributed by atoms with E-state index >= 15 is 0 Å². The van der Waals surface area contributed by atoms with Crippen molar-refractivity contribution < 1.29 is 42.1 Å².